The van der Waals surface area contributed by atoms with Crippen molar-refractivity contribution in [2.24, 2.45) is 0 Å². The van der Waals surface area contributed by atoms with Crippen LogP contribution in [0.4, 0.5) is 4.79 Å². The van der Waals surface area contributed by atoms with Crippen molar-refractivity contribution in [1.29, 1.82) is 0 Å². The van der Waals surface area contributed by atoms with Crippen molar-refractivity contribution in [2.45, 2.75) is 39.9 Å². The smallest absolute Gasteiger partial charge is 0.410 e. The van der Waals surface area contributed by atoms with E-state index in [1.54, 1.807) is 11.1 Å². The Morgan fingerprint density at radius 3 is 2.89 bits per heavy atom. The summed E-state index contributed by atoms with van der Waals surface area (Å²) in [6.45, 7) is 11.3. The predicted octanol–water partition coefficient (Wildman–Crippen LogP) is 2.13. The maximum absolute atomic E-state index is 12.0. The zero-order valence-corrected chi connectivity index (χ0v) is 16.4. The van der Waals surface area contributed by atoms with Crippen molar-refractivity contribution < 1.29 is 14.3 Å². The molecule has 1 atom stereocenters. The Morgan fingerprint density at radius 1 is 1.30 bits per heavy atom. The van der Waals surface area contributed by atoms with Gasteiger partial charge in [-0.15, -0.1) is 0 Å². The summed E-state index contributed by atoms with van der Waals surface area (Å²) in [6.07, 6.45) is 1.57. The van der Waals surface area contributed by atoms with E-state index in [0.29, 0.717) is 26.4 Å². The van der Waals surface area contributed by atoms with Crippen molar-refractivity contribution in [3.63, 3.8) is 0 Å². The van der Waals surface area contributed by atoms with Crippen molar-refractivity contribution in [2.75, 3.05) is 39.5 Å². The van der Waals surface area contributed by atoms with Gasteiger partial charge in [0.25, 0.3) is 0 Å². The highest BCUT2D eigenvalue weighted by atomic mass is 16.6. The number of nitrogens with zero attached hydrogens (tertiary/aromatic N) is 5. The van der Waals surface area contributed by atoms with Gasteiger partial charge in [-0.3, -0.25) is 4.90 Å². The van der Waals surface area contributed by atoms with Crippen molar-refractivity contribution >= 4 is 17.3 Å². The molecule has 27 heavy (non-hydrogen) atoms. The van der Waals surface area contributed by atoms with Gasteiger partial charge in [-0.1, -0.05) is 0 Å². The van der Waals surface area contributed by atoms with E-state index in [1.165, 1.54) is 0 Å². The third kappa shape index (κ3) is 4.56. The summed E-state index contributed by atoms with van der Waals surface area (Å²) in [5, 5.41) is 0. The van der Waals surface area contributed by atoms with Crippen LogP contribution in [-0.2, 0) is 22.6 Å². The summed E-state index contributed by atoms with van der Waals surface area (Å²) >= 11 is 0. The molecular weight excluding hydrogens is 346 g/mol. The zero-order valence-electron chi connectivity index (χ0n) is 16.4. The minimum absolute atomic E-state index is 0.108. The Bertz CT molecular complexity index is 763. The highest BCUT2D eigenvalue weighted by Gasteiger charge is 2.29. The highest BCUT2D eigenvalue weighted by Crippen LogP contribution is 2.18. The number of aromatic nitrogens is 3. The van der Waals surface area contributed by atoms with E-state index in [4.69, 9.17) is 14.5 Å². The maximum Gasteiger partial charge on any atom is 0.410 e. The zero-order chi connectivity index (χ0) is 19.2. The number of ether oxygens (including phenoxy) is 2. The molecule has 1 amide bonds. The van der Waals surface area contributed by atoms with Gasteiger partial charge in [0.1, 0.15) is 11.3 Å². The molecule has 0 aromatic carbocycles. The first kappa shape index (κ1) is 19.6. The average Bonchev–Trinajstić information content (AvgIpc) is 2.99. The second kappa shape index (κ2) is 9.14. The summed E-state index contributed by atoms with van der Waals surface area (Å²) in [7, 11) is 0. The molecular formula is C19H29N5O3. The molecule has 1 fully saturated rings. The largest absolute Gasteiger partial charge is 0.450 e. The lowest BCUT2D eigenvalue weighted by Crippen LogP contribution is -2.53. The Labute approximate surface area is 160 Å². The minimum Gasteiger partial charge on any atom is -0.450 e. The topological polar surface area (TPSA) is 72.7 Å². The Morgan fingerprint density at radius 2 is 2.15 bits per heavy atom. The molecule has 0 aliphatic carbocycles. The number of rotatable bonds is 7. The van der Waals surface area contributed by atoms with Crippen LogP contribution < -0.4 is 0 Å². The van der Waals surface area contributed by atoms with Crippen LogP contribution in [0.1, 0.15) is 26.6 Å². The molecule has 3 rings (SSSR count). The summed E-state index contributed by atoms with van der Waals surface area (Å²) < 4.78 is 12.8. The van der Waals surface area contributed by atoms with E-state index in [-0.39, 0.29) is 12.1 Å². The predicted molar refractivity (Wildman–Crippen MR) is 102 cm³/mol. The Hall–Kier alpha value is -2.19. The number of piperazine rings is 1. The second-order valence-electron chi connectivity index (χ2n) is 6.70. The summed E-state index contributed by atoms with van der Waals surface area (Å²) in [5.41, 5.74) is 1.80. The first-order chi connectivity index (χ1) is 13.1. The van der Waals surface area contributed by atoms with E-state index in [2.05, 4.69) is 21.4 Å². The molecule has 1 aliphatic heterocycles. The number of amides is 1. The van der Waals surface area contributed by atoms with Gasteiger partial charge in [0.05, 0.1) is 19.8 Å². The molecule has 2 aromatic rings. The number of carbonyl (C=O) groups is 1. The van der Waals surface area contributed by atoms with E-state index in [9.17, 15) is 4.79 Å². The molecule has 148 valence electrons. The molecule has 0 spiro atoms. The van der Waals surface area contributed by atoms with Crippen LogP contribution in [-0.4, -0.2) is 75.9 Å². The molecule has 2 aromatic heterocycles. The van der Waals surface area contributed by atoms with Gasteiger partial charge in [0.2, 0.25) is 0 Å². The van der Waals surface area contributed by atoms with Crippen LogP contribution in [0.25, 0.3) is 11.2 Å². The summed E-state index contributed by atoms with van der Waals surface area (Å²) in [6, 6.07) is 4.01. The van der Waals surface area contributed by atoms with Gasteiger partial charge >= 0.3 is 6.09 Å². The first-order valence-electron chi connectivity index (χ1n) is 9.67. The monoisotopic (exact) mass is 375 g/mol. The molecule has 3 heterocycles. The maximum atomic E-state index is 12.0. The van der Waals surface area contributed by atoms with Gasteiger partial charge in [0.15, 0.2) is 5.65 Å². The highest BCUT2D eigenvalue weighted by molar-refractivity contribution is 5.71. The molecule has 0 radical (unpaired) electrons. The lowest BCUT2D eigenvalue weighted by atomic mass is 10.2. The molecule has 8 heteroatoms. The van der Waals surface area contributed by atoms with Crippen LogP contribution in [0.5, 0.6) is 0 Å². The first-order valence-corrected chi connectivity index (χ1v) is 9.67. The van der Waals surface area contributed by atoms with Gasteiger partial charge in [-0.2, -0.15) is 0 Å². The van der Waals surface area contributed by atoms with Crippen molar-refractivity contribution in [3.8, 4) is 0 Å². The van der Waals surface area contributed by atoms with Gasteiger partial charge < -0.3 is 18.9 Å². The van der Waals surface area contributed by atoms with Crippen LogP contribution in [0.3, 0.4) is 0 Å². The number of pyridine rings is 1. The minimum atomic E-state index is -0.224. The third-order valence-corrected chi connectivity index (χ3v) is 4.83. The molecule has 0 N–H and O–H groups in total. The van der Waals surface area contributed by atoms with Gasteiger partial charge in [-0.05, 0) is 32.9 Å². The average molecular weight is 375 g/mol. The number of fused-ring (bicyclic) bond motifs is 1. The fourth-order valence-electron chi connectivity index (χ4n) is 3.52. The number of hydrogen-bond acceptors (Lipinski definition) is 6. The summed E-state index contributed by atoms with van der Waals surface area (Å²) in [4.78, 5) is 25.5. The number of imidazole rings is 1. The van der Waals surface area contributed by atoms with Gasteiger partial charge in [0, 0.05) is 45.0 Å². The fraction of sp³-hybridized carbons (Fsp3) is 0.632. The molecule has 8 nitrogen and oxygen atoms in total. The third-order valence-electron chi connectivity index (χ3n) is 4.83. The summed E-state index contributed by atoms with van der Waals surface area (Å²) in [5.74, 6) is 0.986. The fourth-order valence-corrected chi connectivity index (χ4v) is 3.52. The Balaban J connectivity index is 1.71. The van der Waals surface area contributed by atoms with E-state index >= 15 is 0 Å². The number of hydrogen-bond donors (Lipinski definition) is 0. The molecule has 1 unspecified atom stereocenters. The molecule has 0 saturated carbocycles. The molecule has 0 bridgehead atoms. The second-order valence-corrected chi connectivity index (χ2v) is 6.70. The van der Waals surface area contributed by atoms with Crippen LogP contribution >= 0.6 is 0 Å². The standard InChI is InChI=1S/C19H29N5O3/c1-4-26-12-11-24-17(21-16-7-6-8-20-18(16)24)14-22-9-10-23(15(3)13-22)19(25)27-5-2/h6-8,15H,4-5,9-14H2,1-3H3. The van der Waals surface area contributed by atoms with Crippen LogP contribution in [0.15, 0.2) is 18.3 Å². The lowest BCUT2D eigenvalue weighted by Gasteiger charge is -2.38. The SMILES string of the molecule is CCOCCn1c(CN2CCN(C(=O)OCC)C(C)C2)nc2cccnc21. The van der Waals surface area contributed by atoms with E-state index < -0.39 is 0 Å². The normalized spacial score (nSPS) is 18.2. The van der Waals surface area contributed by atoms with Crippen molar-refractivity contribution in [1.82, 2.24) is 24.3 Å². The quantitative estimate of drug-likeness (QED) is 0.691. The van der Waals surface area contributed by atoms with Crippen molar-refractivity contribution in [3.05, 3.63) is 24.2 Å². The van der Waals surface area contributed by atoms with Gasteiger partial charge in [-0.25, -0.2) is 14.8 Å². The lowest BCUT2D eigenvalue weighted by molar-refractivity contribution is 0.0507. The molecule has 1 aliphatic rings. The van der Waals surface area contributed by atoms with E-state index in [1.807, 2.05) is 26.0 Å². The Kier molecular flexibility index (Phi) is 6.63. The molecule has 1 saturated heterocycles. The van der Waals surface area contributed by atoms with Crippen LogP contribution in [0, 0.1) is 0 Å². The number of carbonyl (C=O) groups excluding carboxylic acids is 1. The van der Waals surface area contributed by atoms with E-state index in [0.717, 1.165) is 43.2 Å². The van der Waals surface area contributed by atoms with Crippen LogP contribution in [0.2, 0.25) is 0 Å².